The molecule has 0 radical (unpaired) electrons. The van der Waals surface area contributed by atoms with Crippen LogP contribution in [0.15, 0.2) is 36.5 Å². The zero-order valence-corrected chi connectivity index (χ0v) is 9.23. The Labute approximate surface area is 97.5 Å². The molecule has 4 nitrogen and oxygen atoms in total. The lowest BCUT2D eigenvalue weighted by molar-refractivity contribution is -0.134. The first-order chi connectivity index (χ1) is 8.18. The van der Waals surface area contributed by atoms with Gasteiger partial charge in [0, 0.05) is 35.8 Å². The third-order valence-electron chi connectivity index (χ3n) is 3.01. The van der Waals surface area contributed by atoms with Gasteiger partial charge in [-0.15, -0.1) is 0 Å². The number of hydrogen-bond acceptors (Lipinski definition) is 2. The quantitative estimate of drug-likeness (QED) is 0.750. The first kappa shape index (κ1) is 9.84. The lowest BCUT2D eigenvalue weighted by Gasteiger charge is -2.05. The minimum atomic E-state index is -0.268. The van der Waals surface area contributed by atoms with Crippen molar-refractivity contribution in [3.05, 3.63) is 42.1 Å². The molecule has 4 heteroatoms. The third-order valence-corrected chi connectivity index (χ3v) is 3.01. The van der Waals surface area contributed by atoms with Crippen LogP contribution >= 0.6 is 0 Å². The number of likely N-dealkylation sites (N-methyl/N-ethyl adjacent to an activating group) is 1. The fourth-order valence-electron chi connectivity index (χ4n) is 2.05. The van der Waals surface area contributed by atoms with Crippen LogP contribution in [0.1, 0.15) is 5.56 Å². The molecule has 0 unspecified atom stereocenters. The summed E-state index contributed by atoms with van der Waals surface area (Å²) in [5.74, 6) is -0.518. The summed E-state index contributed by atoms with van der Waals surface area (Å²) >= 11 is 0. The minimum Gasteiger partial charge on any atom is -0.361 e. The van der Waals surface area contributed by atoms with Crippen LogP contribution in [0.2, 0.25) is 0 Å². The van der Waals surface area contributed by atoms with Crippen LogP contribution in [-0.4, -0.2) is 28.7 Å². The number of imide groups is 1. The summed E-state index contributed by atoms with van der Waals surface area (Å²) < 4.78 is 0. The molecule has 1 aliphatic rings. The van der Waals surface area contributed by atoms with Gasteiger partial charge >= 0.3 is 0 Å². The fraction of sp³-hybridized carbons (Fsp3) is 0.0769. The number of nitrogens with zero attached hydrogens (tertiary/aromatic N) is 1. The molecule has 84 valence electrons. The van der Waals surface area contributed by atoms with E-state index in [1.807, 2.05) is 24.3 Å². The summed E-state index contributed by atoms with van der Waals surface area (Å²) in [7, 11) is 1.49. The van der Waals surface area contributed by atoms with Crippen LogP contribution in [-0.2, 0) is 9.59 Å². The van der Waals surface area contributed by atoms with Gasteiger partial charge in [-0.3, -0.25) is 14.5 Å². The van der Waals surface area contributed by atoms with Crippen LogP contribution in [0.3, 0.4) is 0 Å². The fourth-order valence-corrected chi connectivity index (χ4v) is 2.05. The smallest absolute Gasteiger partial charge is 0.261 e. The van der Waals surface area contributed by atoms with Gasteiger partial charge in [-0.1, -0.05) is 18.2 Å². The highest BCUT2D eigenvalue weighted by Gasteiger charge is 2.29. The van der Waals surface area contributed by atoms with Crippen LogP contribution in [0.25, 0.3) is 16.5 Å². The molecule has 1 aromatic heterocycles. The molecule has 2 aromatic rings. The summed E-state index contributed by atoms with van der Waals surface area (Å²) in [5, 5.41) is 0.954. The maximum absolute atomic E-state index is 11.9. The largest absolute Gasteiger partial charge is 0.361 e. The molecule has 0 spiro atoms. The van der Waals surface area contributed by atoms with E-state index in [0.29, 0.717) is 5.57 Å². The number of nitrogens with one attached hydrogen (secondary N) is 1. The number of fused-ring (bicyclic) bond motifs is 1. The SMILES string of the molecule is CN1C(=O)C=C(c2c[nH]c3ccccc23)C1=O. The Morgan fingerprint density at radius 1 is 1.18 bits per heavy atom. The highest BCUT2D eigenvalue weighted by atomic mass is 16.2. The minimum absolute atomic E-state index is 0.250. The van der Waals surface area contributed by atoms with E-state index in [0.717, 1.165) is 21.4 Å². The molecule has 17 heavy (non-hydrogen) atoms. The van der Waals surface area contributed by atoms with E-state index < -0.39 is 0 Å². The zero-order chi connectivity index (χ0) is 12.0. The van der Waals surface area contributed by atoms with E-state index in [1.165, 1.54) is 13.1 Å². The summed E-state index contributed by atoms with van der Waals surface area (Å²) in [6.07, 6.45) is 3.15. The highest BCUT2D eigenvalue weighted by molar-refractivity contribution is 6.34. The molecular formula is C13H10N2O2. The summed E-state index contributed by atoms with van der Waals surface area (Å²) in [4.78, 5) is 27.5. The Morgan fingerprint density at radius 2 is 1.94 bits per heavy atom. The molecule has 0 saturated heterocycles. The normalized spacial score (nSPS) is 15.8. The number of amides is 2. The lowest BCUT2D eigenvalue weighted by atomic mass is 10.1. The Balaban J connectivity index is 2.21. The van der Waals surface area contributed by atoms with Crippen molar-refractivity contribution in [3.8, 4) is 0 Å². The van der Waals surface area contributed by atoms with E-state index in [-0.39, 0.29) is 11.8 Å². The monoisotopic (exact) mass is 226 g/mol. The van der Waals surface area contributed by atoms with E-state index in [2.05, 4.69) is 4.98 Å². The number of benzene rings is 1. The highest BCUT2D eigenvalue weighted by Crippen LogP contribution is 2.28. The van der Waals surface area contributed by atoms with Gasteiger partial charge in [0.2, 0.25) is 0 Å². The first-order valence-electron chi connectivity index (χ1n) is 5.28. The van der Waals surface area contributed by atoms with Gasteiger partial charge < -0.3 is 4.98 Å². The first-order valence-corrected chi connectivity index (χ1v) is 5.28. The number of carbonyl (C=O) groups is 2. The van der Waals surface area contributed by atoms with Crippen molar-refractivity contribution < 1.29 is 9.59 Å². The molecule has 0 atom stereocenters. The predicted octanol–water partition coefficient (Wildman–Crippen LogP) is 1.55. The maximum Gasteiger partial charge on any atom is 0.261 e. The molecule has 0 aliphatic carbocycles. The van der Waals surface area contributed by atoms with Crippen molar-refractivity contribution in [2.75, 3.05) is 7.05 Å². The molecule has 2 amide bonds. The summed E-state index contributed by atoms with van der Waals surface area (Å²) in [5.41, 5.74) is 2.19. The van der Waals surface area contributed by atoms with E-state index in [4.69, 9.17) is 0 Å². The zero-order valence-electron chi connectivity index (χ0n) is 9.23. The number of H-pyrrole nitrogens is 1. The molecule has 1 aromatic carbocycles. The number of aromatic amines is 1. The second kappa shape index (κ2) is 3.31. The molecule has 1 N–H and O–H groups in total. The average Bonchev–Trinajstić information content (AvgIpc) is 2.86. The summed E-state index contributed by atoms with van der Waals surface area (Å²) in [6.45, 7) is 0. The van der Waals surface area contributed by atoms with Crippen LogP contribution in [0.4, 0.5) is 0 Å². The van der Waals surface area contributed by atoms with Crippen molar-refractivity contribution >= 4 is 28.3 Å². The second-order valence-electron chi connectivity index (χ2n) is 4.01. The van der Waals surface area contributed by atoms with E-state index >= 15 is 0 Å². The number of carbonyl (C=O) groups excluding carboxylic acids is 2. The van der Waals surface area contributed by atoms with Gasteiger partial charge in [-0.2, -0.15) is 0 Å². The van der Waals surface area contributed by atoms with Gasteiger partial charge in [0.1, 0.15) is 0 Å². The maximum atomic E-state index is 11.9. The Kier molecular flexibility index (Phi) is 1.92. The average molecular weight is 226 g/mol. The Bertz CT molecular complexity index is 667. The molecule has 3 rings (SSSR count). The van der Waals surface area contributed by atoms with Gasteiger partial charge in [-0.25, -0.2) is 0 Å². The predicted molar refractivity (Wildman–Crippen MR) is 64.1 cm³/mol. The topological polar surface area (TPSA) is 53.2 Å². The van der Waals surface area contributed by atoms with Gasteiger partial charge in [0.25, 0.3) is 11.8 Å². The van der Waals surface area contributed by atoms with Crippen molar-refractivity contribution in [3.63, 3.8) is 0 Å². The number of para-hydroxylation sites is 1. The molecule has 1 aliphatic heterocycles. The number of aromatic nitrogens is 1. The van der Waals surface area contributed by atoms with Crippen molar-refractivity contribution in [2.45, 2.75) is 0 Å². The van der Waals surface area contributed by atoms with Gasteiger partial charge in [0.05, 0.1) is 5.57 Å². The molecular weight excluding hydrogens is 216 g/mol. The van der Waals surface area contributed by atoms with E-state index in [1.54, 1.807) is 6.20 Å². The third kappa shape index (κ3) is 1.30. The van der Waals surface area contributed by atoms with E-state index in [9.17, 15) is 9.59 Å². The summed E-state index contributed by atoms with van der Waals surface area (Å²) in [6, 6.07) is 7.69. The second-order valence-corrected chi connectivity index (χ2v) is 4.01. The van der Waals surface area contributed by atoms with Gasteiger partial charge in [-0.05, 0) is 6.07 Å². The van der Waals surface area contributed by atoms with Gasteiger partial charge in [0.15, 0.2) is 0 Å². The van der Waals surface area contributed by atoms with Crippen LogP contribution < -0.4 is 0 Å². The molecule has 2 heterocycles. The Hall–Kier alpha value is -2.36. The van der Waals surface area contributed by atoms with Crippen molar-refractivity contribution in [1.82, 2.24) is 9.88 Å². The Morgan fingerprint density at radius 3 is 2.65 bits per heavy atom. The van der Waals surface area contributed by atoms with Crippen molar-refractivity contribution in [1.29, 1.82) is 0 Å². The lowest BCUT2D eigenvalue weighted by Crippen LogP contribution is -2.25. The standard InChI is InChI=1S/C13H10N2O2/c1-15-12(16)6-9(13(15)17)10-7-14-11-5-3-2-4-8(10)11/h2-7,14H,1H3. The molecule has 0 saturated carbocycles. The molecule has 0 fully saturated rings. The van der Waals surface area contributed by atoms with Crippen LogP contribution in [0.5, 0.6) is 0 Å². The molecule has 0 bridgehead atoms. The number of hydrogen-bond donors (Lipinski definition) is 1. The van der Waals surface area contributed by atoms with Crippen LogP contribution in [0, 0.1) is 0 Å². The number of rotatable bonds is 1. The van der Waals surface area contributed by atoms with Crippen molar-refractivity contribution in [2.24, 2.45) is 0 Å².